The average Bonchev–Trinajstić information content (AvgIpc) is 2.04. The van der Waals surface area contributed by atoms with Gasteiger partial charge in [-0.2, -0.15) is 0 Å². The van der Waals surface area contributed by atoms with Gasteiger partial charge in [0, 0.05) is 12.4 Å². The van der Waals surface area contributed by atoms with Crippen LogP contribution in [0.3, 0.4) is 0 Å². The maximum absolute atomic E-state index is 9.63. The van der Waals surface area contributed by atoms with E-state index in [1.807, 2.05) is 6.92 Å². The average molecular weight is 181 g/mol. The second-order valence-corrected chi connectivity index (χ2v) is 3.59. The van der Waals surface area contributed by atoms with Gasteiger partial charge in [0.25, 0.3) is 0 Å². The van der Waals surface area contributed by atoms with Gasteiger partial charge in [-0.25, -0.2) is 9.97 Å². The molecule has 1 heterocycles. The minimum Gasteiger partial charge on any atom is -0.388 e. The second kappa shape index (κ2) is 3.70. The zero-order chi connectivity index (χ0) is 9.90. The van der Waals surface area contributed by atoms with Crippen LogP contribution in [0.4, 0.5) is 5.95 Å². The fraction of sp³-hybridized carbons (Fsp3) is 0.556. The van der Waals surface area contributed by atoms with E-state index in [1.165, 1.54) is 0 Å². The van der Waals surface area contributed by atoms with Gasteiger partial charge < -0.3 is 10.4 Å². The number of hydrogen-bond acceptors (Lipinski definition) is 4. The highest BCUT2D eigenvalue weighted by molar-refractivity contribution is 5.25. The van der Waals surface area contributed by atoms with Crippen molar-refractivity contribution in [2.45, 2.75) is 32.4 Å². The first kappa shape index (κ1) is 9.92. The van der Waals surface area contributed by atoms with Crippen LogP contribution in [0.15, 0.2) is 18.5 Å². The van der Waals surface area contributed by atoms with Crippen LogP contribution < -0.4 is 5.32 Å². The summed E-state index contributed by atoms with van der Waals surface area (Å²) in [6.07, 6.45) is 3.32. The summed E-state index contributed by atoms with van der Waals surface area (Å²) in [5, 5.41) is 12.6. The van der Waals surface area contributed by atoms with Crippen molar-refractivity contribution in [1.82, 2.24) is 9.97 Å². The summed E-state index contributed by atoms with van der Waals surface area (Å²) in [4.78, 5) is 8.00. The van der Waals surface area contributed by atoms with E-state index in [2.05, 4.69) is 15.3 Å². The van der Waals surface area contributed by atoms with Crippen LogP contribution in [-0.4, -0.2) is 26.7 Å². The largest absolute Gasteiger partial charge is 0.388 e. The number of aromatic nitrogens is 2. The van der Waals surface area contributed by atoms with Gasteiger partial charge in [0.1, 0.15) is 0 Å². The zero-order valence-electron chi connectivity index (χ0n) is 8.15. The summed E-state index contributed by atoms with van der Waals surface area (Å²) in [5.41, 5.74) is -0.779. The van der Waals surface area contributed by atoms with Crippen LogP contribution in [0.25, 0.3) is 0 Å². The lowest BCUT2D eigenvalue weighted by Gasteiger charge is -2.26. The monoisotopic (exact) mass is 181 g/mol. The maximum Gasteiger partial charge on any atom is 0.222 e. The normalized spacial score (nSPS) is 13.8. The molecule has 4 nitrogen and oxygen atoms in total. The number of nitrogens with one attached hydrogen (secondary N) is 1. The molecule has 0 aliphatic carbocycles. The highest BCUT2D eigenvalue weighted by Crippen LogP contribution is 2.11. The molecule has 0 amide bonds. The SMILES string of the molecule is CC(Nc1ncccn1)C(C)(C)O. The summed E-state index contributed by atoms with van der Waals surface area (Å²) in [7, 11) is 0. The number of nitrogens with zero attached hydrogens (tertiary/aromatic N) is 2. The van der Waals surface area contributed by atoms with E-state index in [-0.39, 0.29) is 6.04 Å². The summed E-state index contributed by atoms with van der Waals surface area (Å²) in [6.45, 7) is 5.37. The van der Waals surface area contributed by atoms with Gasteiger partial charge in [0.05, 0.1) is 11.6 Å². The van der Waals surface area contributed by atoms with Crippen LogP contribution in [0, 0.1) is 0 Å². The minimum absolute atomic E-state index is 0.0881. The van der Waals surface area contributed by atoms with Gasteiger partial charge >= 0.3 is 0 Å². The zero-order valence-corrected chi connectivity index (χ0v) is 8.15. The molecule has 1 aromatic heterocycles. The van der Waals surface area contributed by atoms with Gasteiger partial charge in [-0.3, -0.25) is 0 Å². The van der Waals surface area contributed by atoms with E-state index >= 15 is 0 Å². The minimum atomic E-state index is -0.779. The number of anilines is 1. The Bertz CT molecular complexity index is 255. The Labute approximate surface area is 78.0 Å². The molecule has 0 fully saturated rings. The lowest BCUT2D eigenvalue weighted by atomic mass is 10.0. The fourth-order valence-electron chi connectivity index (χ4n) is 0.744. The molecule has 0 spiro atoms. The van der Waals surface area contributed by atoms with E-state index in [9.17, 15) is 5.11 Å². The van der Waals surface area contributed by atoms with Crippen molar-refractivity contribution in [1.29, 1.82) is 0 Å². The van der Waals surface area contributed by atoms with Gasteiger partial charge in [0.15, 0.2) is 0 Å². The van der Waals surface area contributed by atoms with E-state index in [0.717, 1.165) is 0 Å². The van der Waals surface area contributed by atoms with Crippen LogP contribution in [0.2, 0.25) is 0 Å². The molecule has 2 N–H and O–H groups in total. The van der Waals surface area contributed by atoms with Crippen molar-refractivity contribution in [3.8, 4) is 0 Å². The second-order valence-electron chi connectivity index (χ2n) is 3.59. The Balaban J connectivity index is 2.61. The molecule has 0 saturated carbocycles. The molecule has 1 rings (SSSR count). The molecular formula is C9H15N3O. The molecule has 0 saturated heterocycles. The molecule has 0 aliphatic heterocycles. The molecule has 0 radical (unpaired) electrons. The fourth-order valence-corrected chi connectivity index (χ4v) is 0.744. The summed E-state index contributed by atoms with van der Waals surface area (Å²) < 4.78 is 0. The molecule has 72 valence electrons. The van der Waals surface area contributed by atoms with Crippen LogP contribution >= 0.6 is 0 Å². The maximum atomic E-state index is 9.63. The van der Waals surface area contributed by atoms with Crippen LogP contribution in [-0.2, 0) is 0 Å². The Morgan fingerprint density at radius 2 is 1.92 bits per heavy atom. The van der Waals surface area contributed by atoms with Crippen molar-refractivity contribution in [2.24, 2.45) is 0 Å². The molecule has 1 unspecified atom stereocenters. The van der Waals surface area contributed by atoms with Crippen molar-refractivity contribution >= 4 is 5.95 Å². The lowest BCUT2D eigenvalue weighted by Crippen LogP contribution is -2.39. The summed E-state index contributed by atoms with van der Waals surface area (Å²) in [5.74, 6) is 0.539. The molecule has 13 heavy (non-hydrogen) atoms. The third-order valence-electron chi connectivity index (χ3n) is 1.97. The molecule has 1 atom stereocenters. The Kier molecular flexibility index (Phi) is 2.83. The van der Waals surface area contributed by atoms with Crippen molar-refractivity contribution in [2.75, 3.05) is 5.32 Å². The number of rotatable bonds is 3. The quantitative estimate of drug-likeness (QED) is 0.731. The van der Waals surface area contributed by atoms with Crippen molar-refractivity contribution in [3.63, 3.8) is 0 Å². The van der Waals surface area contributed by atoms with Gasteiger partial charge in [-0.05, 0) is 26.8 Å². The predicted octanol–water partition coefficient (Wildman–Crippen LogP) is 1.05. The highest BCUT2D eigenvalue weighted by atomic mass is 16.3. The molecule has 4 heteroatoms. The number of aliphatic hydroxyl groups is 1. The molecule has 0 aromatic carbocycles. The first-order valence-electron chi connectivity index (χ1n) is 4.26. The van der Waals surface area contributed by atoms with Gasteiger partial charge in [-0.1, -0.05) is 0 Å². The molecule has 0 bridgehead atoms. The van der Waals surface area contributed by atoms with Gasteiger partial charge in [-0.15, -0.1) is 0 Å². The topological polar surface area (TPSA) is 58.0 Å². The first-order valence-corrected chi connectivity index (χ1v) is 4.26. The molecule has 1 aromatic rings. The molecule has 0 aliphatic rings. The predicted molar refractivity (Wildman–Crippen MR) is 51.4 cm³/mol. The van der Waals surface area contributed by atoms with E-state index < -0.39 is 5.60 Å². The van der Waals surface area contributed by atoms with Gasteiger partial charge in [0.2, 0.25) is 5.95 Å². The number of hydrogen-bond donors (Lipinski definition) is 2. The van der Waals surface area contributed by atoms with Crippen molar-refractivity contribution < 1.29 is 5.11 Å². The summed E-state index contributed by atoms with van der Waals surface area (Å²) >= 11 is 0. The van der Waals surface area contributed by atoms with E-state index in [0.29, 0.717) is 5.95 Å². The standard InChI is InChI=1S/C9H15N3O/c1-7(9(2,3)13)12-8-10-5-4-6-11-8/h4-7,13H,1-3H3,(H,10,11,12). The smallest absolute Gasteiger partial charge is 0.222 e. The molecular weight excluding hydrogens is 166 g/mol. The highest BCUT2D eigenvalue weighted by Gasteiger charge is 2.22. The van der Waals surface area contributed by atoms with Crippen LogP contribution in [0.5, 0.6) is 0 Å². The lowest BCUT2D eigenvalue weighted by molar-refractivity contribution is 0.0646. The first-order chi connectivity index (χ1) is 6.00. The third-order valence-corrected chi connectivity index (χ3v) is 1.97. The van der Waals surface area contributed by atoms with E-state index in [1.54, 1.807) is 32.3 Å². The Morgan fingerprint density at radius 1 is 1.38 bits per heavy atom. The van der Waals surface area contributed by atoms with E-state index in [4.69, 9.17) is 0 Å². The van der Waals surface area contributed by atoms with Crippen molar-refractivity contribution in [3.05, 3.63) is 18.5 Å². The Morgan fingerprint density at radius 3 is 2.38 bits per heavy atom. The van der Waals surface area contributed by atoms with Crippen LogP contribution in [0.1, 0.15) is 20.8 Å². The third kappa shape index (κ3) is 2.99. The summed E-state index contributed by atoms with van der Waals surface area (Å²) in [6, 6.07) is 1.66. The Hall–Kier alpha value is -1.16.